The fraction of sp³-hybridized carbons (Fsp3) is 0.647. The Morgan fingerprint density at radius 1 is 1.33 bits per heavy atom. The molecule has 2 saturated heterocycles. The second-order valence-corrected chi connectivity index (χ2v) is 7.54. The average Bonchev–Trinajstić information content (AvgIpc) is 2.67. The third kappa shape index (κ3) is 3.33. The zero-order valence-electron chi connectivity index (χ0n) is 12.8. The molecule has 0 saturated carbocycles. The summed E-state index contributed by atoms with van der Waals surface area (Å²) in [5.41, 5.74) is 1.13. The SMILES string of the molecule is CC(NCC1CC2CCC(C1)N2C)c1ccc(F)cc1Br. The average molecular weight is 355 g/mol. The Morgan fingerprint density at radius 2 is 2.00 bits per heavy atom. The van der Waals surface area contributed by atoms with E-state index in [1.54, 1.807) is 6.07 Å². The van der Waals surface area contributed by atoms with Gasteiger partial charge in [0, 0.05) is 22.6 Å². The lowest BCUT2D eigenvalue weighted by Gasteiger charge is -2.37. The molecule has 2 bridgehead atoms. The Kier molecular flexibility index (Phi) is 4.67. The molecule has 2 heterocycles. The molecular formula is C17H24BrFN2. The molecule has 116 valence electrons. The molecular weight excluding hydrogens is 331 g/mol. The minimum atomic E-state index is -0.190. The number of halogens is 2. The summed E-state index contributed by atoms with van der Waals surface area (Å²) < 4.78 is 14.0. The summed E-state index contributed by atoms with van der Waals surface area (Å²) in [5.74, 6) is 0.588. The van der Waals surface area contributed by atoms with Gasteiger partial charge in [-0.1, -0.05) is 22.0 Å². The first kappa shape index (κ1) is 15.4. The maximum atomic E-state index is 13.2. The number of piperidine rings is 1. The summed E-state index contributed by atoms with van der Waals surface area (Å²) in [7, 11) is 2.28. The van der Waals surface area contributed by atoms with Gasteiger partial charge in [0.15, 0.2) is 0 Å². The van der Waals surface area contributed by atoms with Crippen LogP contribution in [-0.4, -0.2) is 30.6 Å². The molecule has 3 rings (SSSR count). The molecule has 4 heteroatoms. The van der Waals surface area contributed by atoms with E-state index in [2.05, 4.69) is 40.1 Å². The fourth-order valence-corrected chi connectivity index (χ4v) is 4.69. The zero-order chi connectivity index (χ0) is 15.0. The third-order valence-electron chi connectivity index (χ3n) is 5.34. The molecule has 0 radical (unpaired) electrons. The van der Waals surface area contributed by atoms with E-state index in [0.717, 1.165) is 34.6 Å². The highest BCUT2D eigenvalue weighted by atomic mass is 79.9. The highest BCUT2D eigenvalue weighted by Crippen LogP contribution is 2.37. The number of hydrogen-bond acceptors (Lipinski definition) is 2. The molecule has 0 aromatic heterocycles. The Morgan fingerprint density at radius 3 is 2.62 bits per heavy atom. The first-order chi connectivity index (χ1) is 10.0. The molecule has 3 unspecified atom stereocenters. The van der Waals surface area contributed by atoms with Gasteiger partial charge in [-0.15, -0.1) is 0 Å². The van der Waals surface area contributed by atoms with Gasteiger partial charge in [-0.05, 0) is 69.8 Å². The van der Waals surface area contributed by atoms with Crippen LogP contribution in [0.2, 0.25) is 0 Å². The number of nitrogens with zero attached hydrogens (tertiary/aromatic N) is 1. The normalized spacial score (nSPS) is 30.6. The lowest BCUT2D eigenvalue weighted by molar-refractivity contribution is 0.131. The Bertz CT molecular complexity index is 494. The lowest BCUT2D eigenvalue weighted by atomic mass is 9.90. The summed E-state index contributed by atoms with van der Waals surface area (Å²) in [4.78, 5) is 2.58. The van der Waals surface area contributed by atoms with Crippen molar-refractivity contribution in [1.29, 1.82) is 0 Å². The molecule has 21 heavy (non-hydrogen) atoms. The Labute approximate surface area is 135 Å². The van der Waals surface area contributed by atoms with E-state index in [1.165, 1.54) is 31.7 Å². The molecule has 3 atom stereocenters. The number of benzene rings is 1. The van der Waals surface area contributed by atoms with E-state index in [1.807, 2.05) is 6.07 Å². The molecule has 1 N–H and O–H groups in total. The quantitative estimate of drug-likeness (QED) is 0.874. The number of fused-ring (bicyclic) bond motifs is 2. The number of hydrogen-bond donors (Lipinski definition) is 1. The Hall–Kier alpha value is -0.450. The van der Waals surface area contributed by atoms with Gasteiger partial charge >= 0.3 is 0 Å². The van der Waals surface area contributed by atoms with Crippen LogP contribution in [0.3, 0.4) is 0 Å². The second-order valence-electron chi connectivity index (χ2n) is 6.68. The van der Waals surface area contributed by atoms with Gasteiger partial charge in [0.25, 0.3) is 0 Å². The van der Waals surface area contributed by atoms with Gasteiger partial charge < -0.3 is 10.2 Å². The number of rotatable bonds is 4. The maximum Gasteiger partial charge on any atom is 0.124 e. The van der Waals surface area contributed by atoms with Crippen LogP contribution in [0.1, 0.15) is 44.2 Å². The van der Waals surface area contributed by atoms with Gasteiger partial charge in [0.05, 0.1) is 0 Å². The lowest BCUT2D eigenvalue weighted by Crippen LogP contribution is -2.42. The summed E-state index contributed by atoms with van der Waals surface area (Å²) in [6.07, 6.45) is 5.38. The Balaban J connectivity index is 1.55. The van der Waals surface area contributed by atoms with Crippen LogP contribution in [0.15, 0.2) is 22.7 Å². The standard InChI is InChI=1S/C17H24BrFN2/c1-11(16-6-3-13(19)9-17(16)18)20-10-12-7-14-4-5-15(8-12)21(14)2/h3,6,9,11-12,14-15,20H,4-5,7-8,10H2,1-2H3. The van der Waals surface area contributed by atoms with Crippen LogP contribution >= 0.6 is 15.9 Å². The van der Waals surface area contributed by atoms with Crippen molar-refractivity contribution in [2.75, 3.05) is 13.6 Å². The van der Waals surface area contributed by atoms with Crippen molar-refractivity contribution in [1.82, 2.24) is 10.2 Å². The maximum absolute atomic E-state index is 13.2. The van der Waals surface area contributed by atoms with Gasteiger partial charge in [-0.2, -0.15) is 0 Å². The van der Waals surface area contributed by atoms with E-state index >= 15 is 0 Å². The summed E-state index contributed by atoms with van der Waals surface area (Å²) in [5, 5.41) is 3.64. The van der Waals surface area contributed by atoms with Crippen LogP contribution in [0, 0.1) is 11.7 Å². The van der Waals surface area contributed by atoms with Crippen LogP contribution in [0.25, 0.3) is 0 Å². The predicted octanol–water partition coefficient (Wildman–Crippen LogP) is 4.11. The molecule has 0 amide bonds. The highest BCUT2D eigenvalue weighted by molar-refractivity contribution is 9.10. The third-order valence-corrected chi connectivity index (χ3v) is 6.02. The summed E-state index contributed by atoms with van der Waals surface area (Å²) >= 11 is 3.46. The van der Waals surface area contributed by atoms with E-state index in [4.69, 9.17) is 0 Å². The molecule has 2 aliphatic rings. The molecule has 2 aliphatic heterocycles. The molecule has 0 aliphatic carbocycles. The smallest absolute Gasteiger partial charge is 0.124 e. The molecule has 1 aromatic carbocycles. The van der Waals surface area contributed by atoms with Crippen LogP contribution in [0.5, 0.6) is 0 Å². The van der Waals surface area contributed by atoms with Crippen LogP contribution < -0.4 is 5.32 Å². The highest BCUT2D eigenvalue weighted by Gasteiger charge is 2.38. The van der Waals surface area contributed by atoms with Crippen molar-refractivity contribution in [3.63, 3.8) is 0 Å². The van der Waals surface area contributed by atoms with Crippen LogP contribution in [-0.2, 0) is 0 Å². The largest absolute Gasteiger partial charge is 0.310 e. The van der Waals surface area contributed by atoms with Crippen molar-refractivity contribution in [3.05, 3.63) is 34.1 Å². The molecule has 2 nitrogen and oxygen atoms in total. The zero-order valence-corrected chi connectivity index (χ0v) is 14.4. The molecule has 1 aromatic rings. The van der Waals surface area contributed by atoms with Gasteiger partial charge in [0.1, 0.15) is 5.82 Å². The molecule has 2 fully saturated rings. The second kappa shape index (κ2) is 6.35. The summed E-state index contributed by atoms with van der Waals surface area (Å²) in [6.45, 7) is 3.22. The van der Waals surface area contributed by atoms with Gasteiger partial charge in [-0.3, -0.25) is 0 Å². The van der Waals surface area contributed by atoms with Crippen molar-refractivity contribution in [3.8, 4) is 0 Å². The van der Waals surface area contributed by atoms with Crippen molar-refractivity contribution >= 4 is 15.9 Å². The first-order valence-corrected chi connectivity index (χ1v) is 8.74. The minimum Gasteiger partial charge on any atom is -0.310 e. The van der Waals surface area contributed by atoms with E-state index in [-0.39, 0.29) is 11.9 Å². The van der Waals surface area contributed by atoms with E-state index < -0.39 is 0 Å². The van der Waals surface area contributed by atoms with E-state index in [0.29, 0.717) is 0 Å². The van der Waals surface area contributed by atoms with Gasteiger partial charge in [0.2, 0.25) is 0 Å². The van der Waals surface area contributed by atoms with Crippen LogP contribution in [0.4, 0.5) is 4.39 Å². The topological polar surface area (TPSA) is 15.3 Å². The monoisotopic (exact) mass is 354 g/mol. The van der Waals surface area contributed by atoms with E-state index in [9.17, 15) is 4.39 Å². The summed E-state index contributed by atoms with van der Waals surface area (Å²) in [6, 6.07) is 6.79. The molecule has 0 spiro atoms. The fourth-order valence-electron chi connectivity index (χ4n) is 4.00. The van der Waals surface area contributed by atoms with Crippen molar-refractivity contribution in [2.45, 2.75) is 50.7 Å². The first-order valence-electron chi connectivity index (χ1n) is 7.95. The van der Waals surface area contributed by atoms with Crippen molar-refractivity contribution < 1.29 is 4.39 Å². The minimum absolute atomic E-state index is 0.190. The van der Waals surface area contributed by atoms with Gasteiger partial charge in [-0.25, -0.2) is 4.39 Å². The predicted molar refractivity (Wildman–Crippen MR) is 87.8 cm³/mol. The number of nitrogens with one attached hydrogen (secondary N) is 1. The van der Waals surface area contributed by atoms with Crippen molar-refractivity contribution in [2.24, 2.45) is 5.92 Å².